The summed E-state index contributed by atoms with van der Waals surface area (Å²) in [6, 6.07) is 14.5. The van der Waals surface area contributed by atoms with Crippen LogP contribution in [-0.2, 0) is 10.0 Å². The molecule has 3 N–H and O–H groups in total. The predicted octanol–water partition coefficient (Wildman–Crippen LogP) is 6.02. The normalized spacial score (nSPS) is 15.5. The van der Waals surface area contributed by atoms with Crippen molar-refractivity contribution in [3.8, 4) is 11.3 Å². The molecular formula is C31H29BrFN5O5S. The Balaban J connectivity index is 1.45. The van der Waals surface area contributed by atoms with Gasteiger partial charge in [-0.3, -0.25) is 19.4 Å². The highest BCUT2D eigenvalue weighted by Crippen LogP contribution is 2.41. The van der Waals surface area contributed by atoms with Crippen LogP contribution in [0, 0.1) is 5.82 Å². The molecule has 0 aliphatic carbocycles. The first-order valence-corrected chi connectivity index (χ1v) is 16.5. The van der Waals surface area contributed by atoms with Gasteiger partial charge in [0.15, 0.2) is 5.69 Å². The van der Waals surface area contributed by atoms with Gasteiger partial charge in [0.2, 0.25) is 10.0 Å². The summed E-state index contributed by atoms with van der Waals surface area (Å²) in [5.41, 5.74) is 3.03. The molecule has 1 saturated heterocycles. The number of likely N-dealkylation sites (tertiary alicyclic amines) is 1. The smallest absolute Gasteiger partial charge is 0.275 e. The van der Waals surface area contributed by atoms with Crippen LogP contribution < -0.4 is 10.0 Å². The lowest BCUT2D eigenvalue weighted by Gasteiger charge is -2.33. The topological polar surface area (TPSA) is 137 Å². The molecule has 3 aromatic carbocycles. The molecule has 44 heavy (non-hydrogen) atoms. The number of rotatable bonds is 7. The molecule has 5 aromatic rings. The van der Waals surface area contributed by atoms with E-state index >= 15 is 0 Å². The van der Waals surface area contributed by atoms with Crippen molar-refractivity contribution in [2.24, 2.45) is 0 Å². The summed E-state index contributed by atoms with van der Waals surface area (Å²) in [6.07, 6.45) is 1.36. The number of benzene rings is 3. The number of anilines is 1. The number of sulfonamides is 1. The zero-order valence-electron chi connectivity index (χ0n) is 23.9. The number of halogens is 2. The highest BCUT2D eigenvalue weighted by molar-refractivity contribution is 9.10. The van der Waals surface area contributed by atoms with Crippen molar-refractivity contribution in [3.05, 3.63) is 81.7 Å². The highest BCUT2D eigenvalue weighted by Gasteiger charge is 2.31. The Morgan fingerprint density at radius 2 is 1.91 bits per heavy atom. The zero-order chi connectivity index (χ0) is 31.2. The summed E-state index contributed by atoms with van der Waals surface area (Å²) in [7, 11) is -2.19. The van der Waals surface area contributed by atoms with E-state index in [4.69, 9.17) is 4.42 Å². The van der Waals surface area contributed by atoms with E-state index in [1.807, 2.05) is 18.2 Å². The maximum atomic E-state index is 13.7. The van der Waals surface area contributed by atoms with Crippen LogP contribution >= 0.6 is 15.9 Å². The number of furan rings is 1. The fourth-order valence-corrected chi connectivity index (χ4v) is 6.72. The van der Waals surface area contributed by atoms with Crippen LogP contribution in [0.1, 0.15) is 52.1 Å². The van der Waals surface area contributed by atoms with Crippen LogP contribution in [0.15, 0.2) is 63.5 Å². The molecule has 2 amide bonds. The van der Waals surface area contributed by atoms with Crippen molar-refractivity contribution in [2.45, 2.75) is 25.7 Å². The summed E-state index contributed by atoms with van der Waals surface area (Å²) in [4.78, 5) is 28.6. The van der Waals surface area contributed by atoms with Gasteiger partial charge in [0.25, 0.3) is 11.8 Å². The van der Waals surface area contributed by atoms with Crippen molar-refractivity contribution in [1.82, 2.24) is 20.4 Å². The summed E-state index contributed by atoms with van der Waals surface area (Å²) < 4.78 is 48.9. The van der Waals surface area contributed by atoms with Crippen LogP contribution in [0.3, 0.4) is 0 Å². The van der Waals surface area contributed by atoms with Crippen molar-refractivity contribution >= 4 is 65.3 Å². The second-order valence-corrected chi connectivity index (χ2v) is 13.6. The second-order valence-electron chi connectivity index (χ2n) is 10.7. The van der Waals surface area contributed by atoms with Crippen LogP contribution in [0.4, 0.5) is 10.1 Å². The number of carbonyl (C=O) groups excluding carboxylic acids is 2. The summed E-state index contributed by atoms with van der Waals surface area (Å²) in [5, 5.41) is 11.1. The molecule has 0 saturated carbocycles. The molecule has 10 nitrogen and oxygen atoms in total. The Hall–Kier alpha value is -4.23. The third-order valence-electron chi connectivity index (χ3n) is 7.94. The van der Waals surface area contributed by atoms with Crippen molar-refractivity contribution in [2.75, 3.05) is 30.6 Å². The number of aromatic nitrogens is 2. The number of nitrogens with zero attached hydrogens (tertiary/aromatic N) is 2. The van der Waals surface area contributed by atoms with Gasteiger partial charge in [0, 0.05) is 52.9 Å². The molecule has 3 heterocycles. The number of carbonyl (C=O) groups is 2. The first-order valence-electron chi connectivity index (χ1n) is 14.1. The number of hydrogen-bond acceptors (Lipinski definition) is 6. The minimum absolute atomic E-state index is 0.148. The summed E-state index contributed by atoms with van der Waals surface area (Å²) >= 11 is 3.44. The molecule has 2 aromatic heterocycles. The van der Waals surface area contributed by atoms with E-state index in [0.717, 1.165) is 9.99 Å². The molecule has 0 unspecified atom stereocenters. The number of fused-ring (bicyclic) bond motifs is 2. The predicted molar refractivity (Wildman–Crippen MR) is 170 cm³/mol. The van der Waals surface area contributed by atoms with Crippen LogP contribution in [0.2, 0.25) is 0 Å². The number of H-pyrrole nitrogens is 1. The van der Waals surface area contributed by atoms with E-state index in [9.17, 15) is 22.4 Å². The Kier molecular flexibility index (Phi) is 7.93. The van der Waals surface area contributed by atoms with Crippen LogP contribution in [0.25, 0.3) is 33.2 Å². The molecule has 1 aliphatic rings. The second kappa shape index (κ2) is 11.7. The van der Waals surface area contributed by atoms with Gasteiger partial charge in [0.05, 0.1) is 22.5 Å². The fraction of sp³-hybridized carbons (Fsp3) is 0.258. The number of piperidine rings is 1. The van der Waals surface area contributed by atoms with E-state index in [0.29, 0.717) is 64.8 Å². The third kappa shape index (κ3) is 5.57. The average Bonchev–Trinajstić information content (AvgIpc) is 3.61. The minimum atomic E-state index is -3.69. The lowest BCUT2D eigenvalue weighted by atomic mass is 9.88. The van der Waals surface area contributed by atoms with Gasteiger partial charge in [-0.1, -0.05) is 15.9 Å². The Labute approximate surface area is 261 Å². The highest BCUT2D eigenvalue weighted by atomic mass is 79.9. The monoisotopic (exact) mass is 681 g/mol. The molecule has 228 valence electrons. The van der Waals surface area contributed by atoms with Gasteiger partial charge < -0.3 is 14.6 Å². The SMILES string of the molecule is CCS(=O)(=O)Nc1cc2oc(-c3ccc(F)cc3)c(C(=O)NC)c2cc1[C@H]1CCCN(C(=O)c2n[nH]c3cc(Br)ccc23)C1. The van der Waals surface area contributed by atoms with Crippen molar-refractivity contribution in [1.29, 1.82) is 0 Å². The Morgan fingerprint density at radius 3 is 2.64 bits per heavy atom. The van der Waals surface area contributed by atoms with E-state index in [2.05, 4.69) is 36.2 Å². The molecule has 6 rings (SSSR count). The maximum Gasteiger partial charge on any atom is 0.275 e. The van der Waals surface area contributed by atoms with Gasteiger partial charge in [-0.2, -0.15) is 5.10 Å². The van der Waals surface area contributed by atoms with Crippen molar-refractivity contribution in [3.63, 3.8) is 0 Å². The average molecular weight is 683 g/mol. The molecule has 0 spiro atoms. The summed E-state index contributed by atoms with van der Waals surface area (Å²) in [6.45, 7) is 2.37. The molecule has 1 atom stereocenters. The van der Waals surface area contributed by atoms with E-state index in [1.165, 1.54) is 38.2 Å². The summed E-state index contributed by atoms with van der Waals surface area (Å²) in [5.74, 6) is -1.24. The van der Waals surface area contributed by atoms with Crippen molar-refractivity contribution < 1.29 is 26.8 Å². The molecule has 1 fully saturated rings. The first-order chi connectivity index (χ1) is 21.1. The first kappa shape index (κ1) is 29.8. The lowest BCUT2D eigenvalue weighted by Crippen LogP contribution is -2.39. The quantitative estimate of drug-likeness (QED) is 0.192. The standard InChI is InChI=1S/C31H29BrFN5O5S/c1-3-44(41,42)37-25-15-26-23(27(30(39)34-2)29(43-26)17-6-9-20(33)10-7-17)14-22(25)18-5-4-12-38(16-18)31(40)28-21-11-8-19(32)13-24(21)35-36-28/h6-11,13-15,18,37H,3-5,12,16H2,1-2H3,(H,34,39)(H,35,36)/t18-/m0/s1. The zero-order valence-corrected chi connectivity index (χ0v) is 26.3. The fourth-order valence-electron chi connectivity index (χ4n) is 5.70. The number of hydrogen-bond donors (Lipinski definition) is 3. The van der Waals surface area contributed by atoms with E-state index in [-0.39, 0.29) is 28.9 Å². The maximum absolute atomic E-state index is 13.7. The molecule has 1 aliphatic heterocycles. The lowest BCUT2D eigenvalue weighted by molar-refractivity contribution is 0.0703. The number of amides is 2. The van der Waals surface area contributed by atoms with E-state index in [1.54, 1.807) is 17.0 Å². The van der Waals surface area contributed by atoms with Gasteiger partial charge >= 0.3 is 0 Å². The largest absolute Gasteiger partial charge is 0.455 e. The molecule has 0 radical (unpaired) electrons. The molecule has 0 bridgehead atoms. The Morgan fingerprint density at radius 1 is 1.14 bits per heavy atom. The van der Waals surface area contributed by atoms with Gasteiger partial charge in [-0.25, -0.2) is 12.8 Å². The van der Waals surface area contributed by atoms with Gasteiger partial charge in [-0.05, 0) is 73.9 Å². The van der Waals surface area contributed by atoms with Gasteiger partial charge in [-0.15, -0.1) is 0 Å². The Bertz CT molecular complexity index is 2020. The molecule has 13 heteroatoms. The molecular weight excluding hydrogens is 653 g/mol. The number of aromatic amines is 1. The number of nitrogens with one attached hydrogen (secondary N) is 3. The van der Waals surface area contributed by atoms with E-state index < -0.39 is 21.7 Å². The minimum Gasteiger partial charge on any atom is -0.455 e. The van der Waals surface area contributed by atoms with Crippen LogP contribution in [-0.4, -0.2) is 61.2 Å². The van der Waals surface area contributed by atoms with Gasteiger partial charge in [0.1, 0.15) is 17.2 Å². The van der Waals surface area contributed by atoms with Crippen LogP contribution in [0.5, 0.6) is 0 Å². The third-order valence-corrected chi connectivity index (χ3v) is 9.73.